The molecule has 1 unspecified atom stereocenters. The summed E-state index contributed by atoms with van der Waals surface area (Å²) in [6.45, 7) is 2.16. The summed E-state index contributed by atoms with van der Waals surface area (Å²) in [7, 11) is 4.14. The number of rotatable bonds is 3. The lowest BCUT2D eigenvalue weighted by Crippen LogP contribution is -2.06. The highest BCUT2D eigenvalue weighted by Crippen LogP contribution is 2.58. The van der Waals surface area contributed by atoms with E-state index in [0.29, 0.717) is 0 Å². The first-order valence-corrected chi connectivity index (χ1v) is 7.66. The van der Waals surface area contributed by atoms with E-state index in [2.05, 4.69) is 31.9 Å². The summed E-state index contributed by atoms with van der Waals surface area (Å²) < 4.78 is 2.19. The molecule has 1 nitrogen and oxygen atoms in total. The Labute approximate surface area is 67.0 Å². The van der Waals surface area contributed by atoms with Crippen LogP contribution in [0.5, 0.6) is 0 Å². The van der Waals surface area contributed by atoms with Crippen molar-refractivity contribution in [3.63, 3.8) is 0 Å². The van der Waals surface area contributed by atoms with Crippen molar-refractivity contribution < 1.29 is 0 Å². The van der Waals surface area contributed by atoms with Gasteiger partial charge in [0.15, 0.2) is 0 Å². The fourth-order valence-electron chi connectivity index (χ4n) is 0.575. The summed E-state index contributed by atoms with van der Waals surface area (Å²) in [4.78, 5) is 0. The molecule has 0 saturated heterocycles. The van der Waals surface area contributed by atoms with Crippen molar-refractivity contribution in [2.75, 3.05) is 26.5 Å². The molecular formula is C5H14NPS2. The molecule has 0 aromatic rings. The first-order valence-electron chi connectivity index (χ1n) is 2.89. The average molecular weight is 183 g/mol. The molecule has 0 aliphatic heterocycles. The Kier molecular flexibility index (Phi) is 4.39. The largest absolute Gasteiger partial charge is 0.273 e. The van der Waals surface area contributed by atoms with Gasteiger partial charge in [-0.3, -0.25) is 4.67 Å². The van der Waals surface area contributed by atoms with Crippen LogP contribution in [0, 0.1) is 0 Å². The fourth-order valence-corrected chi connectivity index (χ4v) is 3.48. The number of hydrogen-bond donors (Lipinski definition) is 0. The third-order valence-corrected chi connectivity index (χ3v) is 10.4. The van der Waals surface area contributed by atoms with E-state index in [1.807, 2.05) is 11.4 Å². The van der Waals surface area contributed by atoms with Crippen LogP contribution in [0.1, 0.15) is 6.92 Å². The molecule has 9 heavy (non-hydrogen) atoms. The Morgan fingerprint density at radius 2 is 2.00 bits per heavy atom. The number of hydrogen-bond acceptors (Lipinski definition) is 2. The van der Waals surface area contributed by atoms with Gasteiger partial charge in [-0.15, -0.1) is 11.4 Å². The third-order valence-electron chi connectivity index (χ3n) is 1.29. The SMILES string of the molecule is CCP(=S)(SC)N(C)C. The van der Waals surface area contributed by atoms with E-state index in [9.17, 15) is 0 Å². The molecular weight excluding hydrogens is 169 g/mol. The lowest BCUT2D eigenvalue weighted by molar-refractivity contribution is 0.685. The topological polar surface area (TPSA) is 3.24 Å². The molecule has 0 aliphatic rings. The maximum Gasteiger partial charge on any atom is 0.0659 e. The van der Waals surface area contributed by atoms with Gasteiger partial charge in [-0.2, -0.15) is 0 Å². The van der Waals surface area contributed by atoms with E-state index in [1.54, 1.807) is 0 Å². The molecule has 0 rings (SSSR count). The van der Waals surface area contributed by atoms with Gasteiger partial charge in [0.05, 0.1) is 5.39 Å². The van der Waals surface area contributed by atoms with Gasteiger partial charge >= 0.3 is 0 Å². The van der Waals surface area contributed by atoms with Crippen LogP contribution in [0.3, 0.4) is 0 Å². The second-order valence-electron chi connectivity index (χ2n) is 1.98. The Morgan fingerprint density at radius 3 is 2.00 bits per heavy atom. The summed E-state index contributed by atoms with van der Waals surface area (Å²) in [5.74, 6) is 0. The zero-order chi connectivity index (χ0) is 7.49. The summed E-state index contributed by atoms with van der Waals surface area (Å²) in [5.41, 5.74) is 0. The van der Waals surface area contributed by atoms with Crippen LogP contribution < -0.4 is 0 Å². The number of nitrogens with zero attached hydrogens (tertiary/aromatic N) is 1. The molecule has 0 aliphatic carbocycles. The van der Waals surface area contributed by atoms with Gasteiger partial charge < -0.3 is 0 Å². The monoisotopic (exact) mass is 183 g/mol. The standard InChI is InChI=1S/C5H14NPS2/c1-5-7(8,9-4)6(2)3/h5H2,1-4H3. The van der Waals surface area contributed by atoms with Crippen LogP contribution in [0.15, 0.2) is 0 Å². The maximum atomic E-state index is 5.43. The van der Waals surface area contributed by atoms with Crippen molar-refractivity contribution in [3.8, 4) is 0 Å². The van der Waals surface area contributed by atoms with Crippen molar-refractivity contribution in [1.82, 2.24) is 4.67 Å². The molecule has 0 aromatic heterocycles. The van der Waals surface area contributed by atoms with E-state index in [4.69, 9.17) is 11.8 Å². The molecule has 0 N–H and O–H groups in total. The van der Waals surface area contributed by atoms with Gasteiger partial charge in [-0.1, -0.05) is 18.7 Å². The van der Waals surface area contributed by atoms with Crippen molar-refractivity contribution in [3.05, 3.63) is 0 Å². The van der Waals surface area contributed by atoms with Crippen molar-refractivity contribution in [2.24, 2.45) is 0 Å². The van der Waals surface area contributed by atoms with Crippen molar-refractivity contribution in [1.29, 1.82) is 0 Å². The summed E-state index contributed by atoms with van der Waals surface area (Å²) in [5, 5.41) is -1.17. The van der Waals surface area contributed by atoms with E-state index in [0.717, 1.165) is 6.16 Å². The highest BCUT2D eigenvalue weighted by Gasteiger charge is 2.14. The highest BCUT2D eigenvalue weighted by atomic mass is 32.9. The van der Waals surface area contributed by atoms with Gasteiger partial charge in [-0.25, -0.2) is 0 Å². The molecule has 0 fully saturated rings. The van der Waals surface area contributed by atoms with Gasteiger partial charge in [0.1, 0.15) is 0 Å². The first kappa shape index (κ1) is 9.96. The Balaban J connectivity index is 4.11. The maximum absolute atomic E-state index is 5.43. The minimum atomic E-state index is -1.17. The Bertz CT molecular complexity index is 116. The molecule has 0 saturated carbocycles. The van der Waals surface area contributed by atoms with Crippen LogP contribution >= 0.6 is 16.8 Å². The van der Waals surface area contributed by atoms with Crippen LogP contribution in [0.25, 0.3) is 0 Å². The predicted octanol–water partition coefficient (Wildman–Crippen LogP) is 2.24. The van der Waals surface area contributed by atoms with Gasteiger partial charge in [0.25, 0.3) is 0 Å². The lowest BCUT2D eigenvalue weighted by atomic mass is 11.0. The zero-order valence-electron chi connectivity index (χ0n) is 6.42. The second-order valence-corrected chi connectivity index (χ2v) is 10.5. The Hall–Kier alpha value is 0.960. The van der Waals surface area contributed by atoms with E-state index in [1.165, 1.54) is 0 Å². The fraction of sp³-hybridized carbons (Fsp3) is 1.00. The minimum absolute atomic E-state index is 1.12. The molecule has 0 amide bonds. The minimum Gasteiger partial charge on any atom is -0.273 e. The molecule has 0 bridgehead atoms. The van der Waals surface area contributed by atoms with Crippen LogP contribution in [-0.2, 0) is 11.8 Å². The van der Waals surface area contributed by atoms with Crippen LogP contribution in [-0.4, -0.2) is 31.2 Å². The van der Waals surface area contributed by atoms with Gasteiger partial charge in [0.2, 0.25) is 0 Å². The van der Waals surface area contributed by atoms with E-state index >= 15 is 0 Å². The van der Waals surface area contributed by atoms with E-state index in [-0.39, 0.29) is 0 Å². The molecule has 1 atom stereocenters. The summed E-state index contributed by atoms with van der Waals surface area (Å²) in [6.07, 6.45) is 3.22. The summed E-state index contributed by atoms with van der Waals surface area (Å²) in [6, 6.07) is 0. The molecule has 0 radical (unpaired) electrons. The highest BCUT2D eigenvalue weighted by molar-refractivity contribution is 8.69. The predicted molar refractivity (Wildman–Crippen MR) is 52.0 cm³/mol. The molecule has 0 spiro atoms. The van der Waals surface area contributed by atoms with E-state index < -0.39 is 5.39 Å². The molecule has 0 heterocycles. The van der Waals surface area contributed by atoms with Gasteiger partial charge in [0, 0.05) is 0 Å². The second kappa shape index (κ2) is 3.97. The molecule has 0 aromatic carbocycles. The first-order chi connectivity index (χ1) is 4.06. The smallest absolute Gasteiger partial charge is 0.0659 e. The Morgan fingerprint density at radius 1 is 1.56 bits per heavy atom. The van der Waals surface area contributed by atoms with Crippen molar-refractivity contribution in [2.45, 2.75) is 6.92 Å². The quantitative estimate of drug-likeness (QED) is 0.618. The normalized spacial score (nSPS) is 17.9. The molecule has 56 valence electrons. The van der Waals surface area contributed by atoms with Crippen molar-refractivity contribution >= 4 is 28.6 Å². The lowest BCUT2D eigenvalue weighted by Gasteiger charge is -2.24. The average Bonchev–Trinajstić information content (AvgIpc) is 1.86. The summed E-state index contributed by atoms with van der Waals surface area (Å²) >= 11 is 7.26. The van der Waals surface area contributed by atoms with Crippen LogP contribution in [0.2, 0.25) is 0 Å². The van der Waals surface area contributed by atoms with Gasteiger partial charge in [-0.05, 0) is 26.5 Å². The third kappa shape index (κ3) is 2.58. The zero-order valence-corrected chi connectivity index (χ0v) is 8.95. The van der Waals surface area contributed by atoms with Crippen LogP contribution in [0.4, 0.5) is 0 Å². The molecule has 4 heteroatoms.